The number of sulfonamides is 1. The highest BCUT2D eigenvalue weighted by molar-refractivity contribution is 7.89. The Labute approximate surface area is 108 Å². The molecule has 1 aliphatic carbocycles. The molecule has 5 heteroatoms. The van der Waals surface area contributed by atoms with Crippen molar-refractivity contribution >= 4 is 10.0 Å². The van der Waals surface area contributed by atoms with Gasteiger partial charge in [-0.2, -0.15) is 0 Å². The maximum atomic E-state index is 12.8. The van der Waals surface area contributed by atoms with Crippen LogP contribution in [0.4, 0.5) is 4.39 Å². The van der Waals surface area contributed by atoms with Gasteiger partial charge in [-0.1, -0.05) is 12.8 Å². The summed E-state index contributed by atoms with van der Waals surface area (Å²) in [7, 11) is -1.88. The van der Waals surface area contributed by atoms with Gasteiger partial charge in [0.2, 0.25) is 10.0 Å². The lowest BCUT2D eigenvalue weighted by Crippen LogP contribution is -2.31. The predicted octanol–water partition coefficient (Wildman–Crippen LogP) is 2.64. The topological polar surface area (TPSA) is 37.4 Å². The molecule has 0 aromatic heterocycles. The van der Waals surface area contributed by atoms with E-state index in [1.807, 2.05) is 0 Å². The van der Waals surface area contributed by atoms with Gasteiger partial charge in [-0.3, -0.25) is 0 Å². The molecule has 1 aromatic rings. The van der Waals surface area contributed by atoms with E-state index in [2.05, 4.69) is 0 Å². The number of benzene rings is 1. The molecule has 0 bridgehead atoms. The van der Waals surface area contributed by atoms with Crippen LogP contribution in [0.3, 0.4) is 0 Å². The molecular formula is C13H18FNO2S. The van der Waals surface area contributed by atoms with Crippen LogP contribution in [0.15, 0.2) is 29.2 Å². The van der Waals surface area contributed by atoms with Crippen molar-refractivity contribution in [3.8, 4) is 0 Å². The molecule has 0 aliphatic heterocycles. The van der Waals surface area contributed by atoms with Crippen molar-refractivity contribution < 1.29 is 12.8 Å². The average molecular weight is 271 g/mol. The number of hydrogen-bond acceptors (Lipinski definition) is 2. The summed E-state index contributed by atoms with van der Waals surface area (Å²) in [5.74, 6) is 0.0395. The van der Waals surface area contributed by atoms with E-state index in [0.29, 0.717) is 12.5 Å². The van der Waals surface area contributed by atoms with Gasteiger partial charge in [0.15, 0.2) is 0 Å². The molecule has 1 saturated carbocycles. The lowest BCUT2D eigenvalue weighted by atomic mass is 10.1. The van der Waals surface area contributed by atoms with Crippen LogP contribution >= 0.6 is 0 Å². The zero-order valence-corrected chi connectivity index (χ0v) is 11.3. The smallest absolute Gasteiger partial charge is 0.207 e. The molecule has 0 unspecified atom stereocenters. The van der Waals surface area contributed by atoms with E-state index in [0.717, 1.165) is 12.8 Å². The first-order valence-corrected chi connectivity index (χ1v) is 7.66. The fourth-order valence-corrected chi connectivity index (χ4v) is 3.69. The van der Waals surface area contributed by atoms with Crippen molar-refractivity contribution in [1.82, 2.24) is 4.31 Å². The zero-order chi connectivity index (χ0) is 13.2. The SMILES string of the molecule is CN(CC1CCCC1)S(=O)(=O)c1ccc(F)cc1. The van der Waals surface area contributed by atoms with Gasteiger partial charge < -0.3 is 0 Å². The Morgan fingerprint density at radius 3 is 2.33 bits per heavy atom. The minimum Gasteiger partial charge on any atom is -0.207 e. The van der Waals surface area contributed by atoms with Gasteiger partial charge in [0, 0.05) is 13.6 Å². The number of hydrogen-bond donors (Lipinski definition) is 0. The highest BCUT2D eigenvalue weighted by atomic mass is 32.2. The molecule has 0 amide bonds. The first-order chi connectivity index (χ1) is 8.50. The summed E-state index contributed by atoms with van der Waals surface area (Å²) in [6.07, 6.45) is 4.58. The van der Waals surface area contributed by atoms with E-state index in [1.54, 1.807) is 7.05 Å². The van der Waals surface area contributed by atoms with Gasteiger partial charge in [-0.05, 0) is 43.0 Å². The molecule has 0 atom stereocenters. The van der Waals surface area contributed by atoms with Gasteiger partial charge >= 0.3 is 0 Å². The van der Waals surface area contributed by atoms with Crippen molar-refractivity contribution in [2.75, 3.05) is 13.6 Å². The molecule has 18 heavy (non-hydrogen) atoms. The van der Waals surface area contributed by atoms with Crippen molar-refractivity contribution in [1.29, 1.82) is 0 Å². The Morgan fingerprint density at radius 1 is 1.22 bits per heavy atom. The number of nitrogens with zero attached hydrogens (tertiary/aromatic N) is 1. The second kappa shape index (κ2) is 5.36. The maximum absolute atomic E-state index is 12.8. The summed E-state index contributed by atoms with van der Waals surface area (Å²) >= 11 is 0. The van der Waals surface area contributed by atoms with E-state index in [4.69, 9.17) is 0 Å². The lowest BCUT2D eigenvalue weighted by Gasteiger charge is -2.20. The zero-order valence-electron chi connectivity index (χ0n) is 10.5. The van der Waals surface area contributed by atoms with E-state index < -0.39 is 15.8 Å². The molecule has 1 fully saturated rings. The van der Waals surface area contributed by atoms with E-state index in [-0.39, 0.29) is 4.90 Å². The first-order valence-electron chi connectivity index (χ1n) is 6.22. The Bertz CT molecular complexity index is 492. The Kier molecular flexibility index (Phi) is 4.02. The lowest BCUT2D eigenvalue weighted by molar-refractivity contribution is 0.387. The molecule has 0 saturated heterocycles. The summed E-state index contributed by atoms with van der Waals surface area (Å²) in [5, 5.41) is 0. The molecule has 100 valence electrons. The van der Waals surface area contributed by atoms with Crippen LogP contribution in [-0.2, 0) is 10.0 Å². The molecule has 3 nitrogen and oxygen atoms in total. The monoisotopic (exact) mass is 271 g/mol. The summed E-state index contributed by atoms with van der Waals surface area (Å²) in [6, 6.07) is 4.98. The number of halogens is 1. The molecule has 0 spiro atoms. The summed E-state index contributed by atoms with van der Waals surface area (Å²) in [6.45, 7) is 0.555. The Balaban J connectivity index is 2.11. The summed E-state index contributed by atoms with van der Waals surface area (Å²) in [4.78, 5) is 0.157. The predicted molar refractivity (Wildman–Crippen MR) is 68.2 cm³/mol. The van der Waals surface area contributed by atoms with Crippen LogP contribution in [0, 0.1) is 11.7 Å². The Morgan fingerprint density at radius 2 is 1.78 bits per heavy atom. The van der Waals surface area contributed by atoms with E-state index in [9.17, 15) is 12.8 Å². The van der Waals surface area contributed by atoms with Crippen LogP contribution < -0.4 is 0 Å². The van der Waals surface area contributed by atoms with Crippen molar-refractivity contribution in [3.63, 3.8) is 0 Å². The van der Waals surface area contributed by atoms with E-state index in [1.165, 1.54) is 41.4 Å². The first kappa shape index (κ1) is 13.5. The van der Waals surface area contributed by atoms with Gasteiger partial charge in [0.25, 0.3) is 0 Å². The van der Waals surface area contributed by atoms with Crippen molar-refractivity contribution in [2.45, 2.75) is 30.6 Å². The van der Waals surface area contributed by atoms with Crippen LogP contribution in [0.2, 0.25) is 0 Å². The van der Waals surface area contributed by atoms with Crippen molar-refractivity contribution in [2.24, 2.45) is 5.92 Å². The van der Waals surface area contributed by atoms with Crippen LogP contribution in [-0.4, -0.2) is 26.3 Å². The molecule has 1 aromatic carbocycles. The quantitative estimate of drug-likeness (QED) is 0.844. The molecule has 0 heterocycles. The fraction of sp³-hybridized carbons (Fsp3) is 0.538. The van der Waals surface area contributed by atoms with Crippen LogP contribution in [0.5, 0.6) is 0 Å². The standard InChI is InChI=1S/C13H18FNO2S/c1-15(10-11-4-2-3-5-11)18(16,17)13-8-6-12(14)7-9-13/h6-9,11H,2-5,10H2,1H3. The fourth-order valence-electron chi connectivity index (χ4n) is 2.44. The highest BCUT2D eigenvalue weighted by Crippen LogP contribution is 2.27. The summed E-state index contributed by atoms with van der Waals surface area (Å²) < 4.78 is 38.6. The molecule has 1 aliphatic rings. The Hall–Kier alpha value is -0.940. The second-order valence-electron chi connectivity index (χ2n) is 4.89. The largest absolute Gasteiger partial charge is 0.242 e. The normalized spacial score (nSPS) is 17.5. The van der Waals surface area contributed by atoms with Crippen molar-refractivity contribution in [3.05, 3.63) is 30.1 Å². The van der Waals surface area contributed by atoms with Gasteiger partial charge in [-0.15, -0.1) is 0 Å². The van der Waals surface area contributed by atoms with Gasteiger partial charge in [0.05, 0.1) is 4.90 Å². The van der Waals surface area contributed by atoms with E-state index >= 15 is 0 Å². The minimum absolute atomic E-state index is 0.157. The minimum atomic E-state index is -3.48. The molecule has 2 rings (SSSR count). The third-order valence-corrected chi connectivity index (χ3v) is 5.35. The second-order valence-corrected chi connectivity index (χ2v) is 6.93. The number of rotatable bonds is 4. The third kappa shape index (κ3) is 2.90. The molecular weight excluding hydrogens is 253 g/mol. The summed E-state index contributed by atoms with van der Waals surface area (Å²) in [5.41, 5.74) is 0. The highest BCUT2D eigenvalue weighted by Gasteiger charge is 2.25. The third-order valence-electron chi connectivity index (χ3n) is 3.51. The molecule has 0 radical (unpaired) electrons. The van der Waals surface area contributed by atoms with Gasteiger partial charge in [0.1, 0.15) is 5.82 Å². The average Bonchev–Trinajstić information content (AvgIpc) is 2.82. The van der Waals surface area contributed by atoms with Crippen LogP contribution in [0.25, 0.3) is 0 Å². The maximum Gasteiger partial charge on any atom is 0.242 e. The van der Waals surface area contributed by atoms with Crippen LogP contribution in [0.1, 0.15) is 25.7 Å². The van der Waals surface area contributed by atoms with Gasteiger partial charge in [-0.25, -0.2) is 17.1 Å². The molecule has 0 N–H and O–H groups in total.